The molecule has 1 aromatic rings. The van der Waals surface area contributed by atoms with Crippen LogP contribution in [0.25, 0.3) is 0 Å². The van der Waals surface area contributed by atoms with Gasteiger partial charge in [-0.3, -0.25) is 4.79 Å². The van der Waals surface area contributed by atoms with Crippen molar-refractivity contribution < 1.29 is 18.3 Å². The number of amides is 1. The van der Waals surface area contributed by atoms with E-state index in [0.29, 0.717) is 0 Å². The predicted octanol–water partition coefficient (Wildman–Crippen LogP) is -0.172. The molecule has 0 fully saturated rings. The van der Waals surface area contributed by atoms with Gasteiger partial charge in [-0.05, 0) is 18.2 Å². The van der Waals surface area contributed by atoms with Crippen LogP contribution < -0.4 is 5.32 Å². The molecule has 7 heteroatoms. The van der Waals surface area contributed by atoms with Crippen molar-refractivity contribution in [3.8, 4) is 5.75 Å². The highest BCUT2D eigenvalue weighted by molar-refractivity contribution is 7.94. The number of rotatable bonds is 2. The van der Waals surface area contributed by atoms with Gasteiger partial charge in [0.1, 0.15) is 5.75 Å². The van der Waals surface area contributed by atoms with E-state index in [4.69, 9.17) is 0 Å². The second-order valence-corrected chi connectivity index (χ2v) is 5.54. The Kier molecular flexibility index (Phi) is 2.84. The molecule has 1 aliphatic heterocycles. The normalized spacial score (nSPS) is 21.3. The molecule has 6 nitrogen and oxygen atoms in total. The minimum absolute atomic E-state index is 0.120. The number of sulfone groups is 1. The van der Waals surface area contributed by atoms with Crippen LogP contribution in [0.15, 0.2) is 29.8 Å². The lowest BCUT2D eigenvalue weighted by Gasteiger charge is -2.09. The molecule has 2 rings (SSSR count). The summed E-state index contributed by atoms with van der Waals surface area (Å²) in [5.41, 5.74) is -0.120. The molecule has 1 amide bonds. The van der Waals surface area contributed by atoms with Crippen molar-refractivity contribution in [2.24, 2.45) is 0 Å². The lowest BCUT2D eigenvalue weighted by molar-refractivity contribution is 0.0939. The van der Waals surface area contributed by atoms with Crippen LogP contribution in [0.3, 0.4) is 0 Å². The Morgan fingerprint density at radius 1 is 1.53 bits per heavy atom. The largest absolute Gasteiger partial charge is 0.505 e. The summed E-state index contributed by atoms with van der Waals surface area (Å²) >= 11 is 0. The molecule has 0 bridgehead atoms. The third kappa shape index (κ3) is 2.62. The first-order chi connectivity index (χ1) is 7.98. The molecule has 1 aliphatic rings. The first kappa shape index (κ1) is 11.6. The van der Waals surface area contributed by atoms with Gasteiger partial charge in [0.2, 0.25) is 0 Å². The van der Waals surface area contributed by atoms with Gasteiger partial charge < -0.3 is 10.4 Å². The van der Waals surface area contributed by atoms with Gasteiger partial charge in [-0.2, -0.15) is 0 Å². The Hall–Kier alpha value is -1.89. The molecule has 1 aromatic heterocycles. The van der Waals surface area contributed by atoms with E-state index >= 15 is 0 Å². The summed E-state index contributed by atoms with van der Waals surface area (Å²) in [4.78, 5) is 15.4. The number of hydrogen-bond donors (Lipinski definition) is 2. The highest BCUT2D eigenvalue weighted by atomic mass is 32.2. The molecule has 2 heterocycles. The molecular weight excluding hydrogens is 244 g/mol. The van der Waals surface area contributed by atoms with Gasteiger partial charge >= 0.3 is 0 Å². The van der Waals surface area contributed by atoms with Crippen LogP contribution in [0.5, 0.6) is 5.75 Å². The van der Waals surface area contributed by atoms with Crippen LogP contribution in [0.1, 0.15) is 10.5 Å². The fraction of sp³-hybridized carbons (Fsp3) is 0.200. The Morgan fingerprint density at radius 2 is 2.29 bits per heavy atom. The Morgan fingerprint density at radius 3 is 2.88 bits per heavy atom. The maximum absolute atomic E-state index is 11.7. The molecule has 1 unspecified atom stereocenters. The average molecular weight is 254 g/mol. The smallest absolute Gasteiger partial charge is 0.274 e. The fourth-order valence-corrected chi connectivity index (χ4v) is 2.71. The van der Waals surface area contributed by atoms with Crippen LogP contribution in [-0.2, 0) is 9.84 Å². The van der Waals surface area contributed by atoms with E-state index in [1.54, 1.807) is 0 Å². The molecule has 2 N–H and O–H groups in total. The van der Waals surface area contributed by atoms with Gasteiger partial charge in [0.25, 0.3) is 5.91 Å². The number of carbonyl (C=O) groups is 1. The van der Waals surface area contributed by atoms with Crippen LogP contribution in [0, 0.1) is 0 Å². The van der Waals surface area contributed by atoms with Crippen LogP contribution in [0.4, 0.5) is 0 Å². The first-order valence-electron chi connectivity index (χ1n) is 4.84. The van der Waals surface area contributed by atoms with E-state index in [1.807, 2.05) is 0 Å². The number of hydrogen-bond acceptors (Lipinski definition) is 5. The van der Waals surface area contributed by atoms with E-state index in [1.165, 1.54) is 24.4 Å². The third-order valence-corrected chi connectivity index (χ3v) is 3.64. The van der Waals surface area contributed by atoms with Gasteiger partial charge in [-0.25, -0.2) is 13.4 Å². The molecule has 0 aliphatic carbocycles. The van der Waals surface area contributed by atoms with Crippen molar-refractivity contribution in [3.63, 3.8) is 0 Å². The van der Waals surface area contributed by atoms with Crippen molar-refractivity contribution in [2.75, 3.05) is 5.75 Å². The Balaban J connectivity index is 2.09. The zero-order chi connectivity index (χ0) is 12.5. The second-order valence-electron chi connectivity index (χ2n) is 3.61. The number of aromatic nitrogens is 1. The molecular formula is C10H10N2O4S. The zero-order valence-electron chi connectivity index (χ0n) is 8.70. The van der Waals surface area contributed by atoms with E-state index < -0.39 is 21.8 Å². The molecule has 90 valence electrons. The first-order valence-corrected chi connectivity index (χ1v) is 6.55. The molecule has 0 spiro atoms. The van der Waals surface area contributed by atoms with Crippen molar-refractivity contribution in [2.45, 2.75) is 6.04 Å². The lowest BCUT2D eigenvalue weighted by atomic mass is 10.2. The minimum Gasteiger partial charge on any atom is -0.505 e. The summed E-state index contributed by atoms with van der Waals surface area (Å²) in [6, 6.07) is 2.25. The number of nitrogens with one attached hydrogen (secondary N) is 1. The van der Waals surface area contributed by atoms with Gasteiger partial charge in [-0.15, -0.1) is 0 Å². The molecule has 17 heavy (non-hydrogen) atoms. The molecule has 0 radical (unpaired) electrons. The summed E-state index contributed by atoms with van der Waals surface area (Å²) in [7, 11) is -3.21. The van der Waals surface area contributed by atoms with Gasteiger partial charge in [-0.1, -0.05) is 0 Å². The summed E-state index contributed by atoms with van der Waals surface area (Å²) in [5, 5.41) is 12.9. The second kappa shape index (κ2) is 4.17. The number of carbonyl (C=O) groups excluding carboxylic acids is 1. The van der Waals surface area contributed by atoms with E-state index in [9.17, 15) is 18.3 Å². The topological polar surface area (TPSA) is 96.4 Å². The highest BCUT2D eigenvalue weighted by Crippen LogP contribution is 2.14. The van der Waals surface area contributed by atoms with Gasteiger partial charge in [0, 0.05) is 11.6 Å². The molecule has 1 atom stereocenters. The number of pyridine rings is 1. The highest BCUT2D eigenvalue weighted by Gasteiger charge is 2.24. The fourth-order valence-electron chi connectivity index (χ4n) is 1.47. The Bertz CT molecular complexity index is 580. The standard InChI is InChI=1S/C10H10N2O4S/c13-8-2-1-4-11-9(8)10(14)12-7-3-5-17(15,16)6-7/h1-5,7,13H,6H2,(H,12,14). The van der Waals surface area contributed by atoms with E-state index in [0.717, 1.165) is 5.41 Å². The molecule has 0 aromatic carbocycles. The van der Waals surface area contributed by atoms with Crippen LogP contribution in [-0.4, -0.2) is 36.2 Å². The molecule has 0 saturated heterocycles. The van der Waals surface area contributed by atoms with Crippen molar-refractivity contribution in [1.82, 2.24) is 10.3 Å². The third-order valence-electron chi connectivity index (χ3n) is 2.25. The summed E-state index contributed by atoms with van der Waals surface area (Å²) in [5.74, 6) is -1.00. The summed E-state index contributed by atoms with van der Waals surface area (Å²) < 4.78 is 22.2. The Labute approximate surface area is 97.9 Å². The zero-order valence-corrected chi connectivity index (χ0v) is 9.52. The number of aromatic hydroxyl groups is 1. The predicted molar refractivity (Wildman–Crippen MR) is 60.1 cm³/mol. The average Bonchev–Trinajstić information content (AvgIpc) is 2.58. The SMILES string of the molecule is O=C(NC1C=CS(=O)(=O)C1)c1ncccc1O. The van der Waals surface area contributed by atoms with Crippen molar-refractivity contribution >= 4 is 15.7 Å². The maximum Gasteiger partial charge on any atom is 0.274 e. The van der Waals surface area contributed by atoms with Crippen LogP contribution >= 0.6 is 0 Å². The number of nitrogens with zero attached hydrogens (tertiary/aromatic N) is 1. The van der Waals surface area contributed by atoms with Crippen LogP contribution in [0.2, 0.25) is 0 Å². The van der Waals surface area contributed by atoms with Gasteiger partial charge in [0.05, 0.1) is 11.8 Å². The van der Waals surface area contributed by atoms with Crippen molar-refractivity contribution in [3.05, 3.63) is 35.5 Å². The van der Waals surface area contributed by atoms with E-state index in [2.05, 4.69) is 10.3 Å². The summed E-state index contributed by atoms with van der Waals surface area (Å²) in [6.07, 6.45) is 2.77. The molecule has 0 saturated carbocycles. The van der Waals surface area contributed by atoms with Crippen molar-refractivity contribution in [1.29, 1.82) is 0 Å². The lowest BCUT2D eigenvalue weighted by Crippen LogP contribution is -2.35. The minimum atomic E-state index is -3.21. The maximum atomic E-state index is 11.7. The monoisotopic (exact) mass is 254 g/mol. The van der Waals surface area contributed by atoms with E-state index in [-0.39, 0.29) is 17.2 Å². The summed E-state index contributed by atoms with van der Waals surface area (Å²) in [6.45, 7) is 0. The quantitative estimate of drug-likeness (QED) is 0.763. The van der Waals surface area contributed by atoms with Gasteiger partial charge in [0.15, 0.2) is 15.5 Å².